The molecule has 0 atom stereocenters. The normalized spacial score (nSPS) is 23.1. The number of β-amino-alcohol motifs (C(OH)–C–C–N with tert-alkyl or cyclic N) is 1. The summed E-state index contributed by atoms with van der Waals surface area (Å²) in [7, 11) is -0.404. The van der Waals surface area contributed by atoms with Gasteiger partial charge in [0.25, 0.3) is 0 Å². The van der Waals surface area contributed by atoms with Crippen LogP contribution in [0, 0.1) is 5.92 Å². The molecule has 3 heterocycles. The number of aliphatic hydroxyl groups is 1. The van der Waals surface area contributed by atoms with Gasteiger partial charge in [0.1, 0.15) is 0 Å². The highest BCUT2D eigenvalue weighted by Crippen LogP contribution is 2.36. The van der Waals surface area contributed by atoms with Gasteiger partial charge in [-0.25, -0.2) is 9.97 Å². The van der Waals surface area contributed by atoms with Crippen LogP contribution in [0.25, 0.3) is 0 Å². The molecule has 27 heavy (non-hydrogen) atoms. The summed E-state index contributed by atoms with van der Waals surface area (Å²) >= 11 is 1.72. The summed E-state index contributed by atoms with van der Waals surface area (Å²) in [5.41, 5.74) is 0.171. The second-order valence-electron chi connectivity index (χ2n) is 8.53. The lowest BCUT2D eigenvalue weighted by Gasteiger charge is -2.32. The molecule has 1 N–H and O–H groups in total. The number of thioether (sulfide) groups is 1. The van der Waals surface area contributed by atoms with E-state index in [-0.39, 0.29) is 17.8 Å². The van der Waals surface area contributed by atoms with E-state index in [0.29, 0.717) is 0 Å². The molecule has 2 saturated heterocycles. The first-order valence-corrected chi connectivity index (χ1v) is 10.9. The molecular weight excluding hydrogens is 361 g/mol. The maximum atomic E-state index is 9.02. The molecule has 0 unspecified atom stereocenters. The molecule has 0 radical (unpaired) electrons. The Bertz CT molecular complexity index is 591. The van der Waals surface area contributed by atoms with E-state index in [0.717, 1.165) is 41.9 Å². The van der Waals surface area contributed by atoms with E-state index >= 15 is 0 Å². The molecule has 3 rings (SSSR count). The number of likely N-dealkylation sites (tertiary alicyclic amines) is 1. The summed E-state index contributed by atoms with van der Waals surface area (Å²) in [6, 6.07) is 0. The van der Waals surface area contributed by atoms with Crippen LogP contribution in [0.3, 0.4) is 0 Å². The second kappa shape index (κ2) is 8.78. The number of hydrogen-bond acceptors (Lipinski definition) is 7. The van der Waals surface area contributed by atoms with Crippen molar-refractivity contribution in [1.82, 2.24) is 14.9 Å². The lowest BCUT2D eigenvalue weighted by molar-refractivity contribution is 0.00578. The van der Waals surface area contributed by atoms with Gasteiger partial charge in [0.2, 0.25) is 0 Å². The Kier molecular flexibility index (Phi) is 6.85. The van der Waals surface area contributed by atoms with E-state index in [1.165, 1.54) is 19.3 Å². The molecular formula is C19H32BN3O3S. The number of aromatic nitrogens is 2. The van der Waals surface area contributed by atoms with Crippen molar-refractivity contribution in [3.63, 3.8) is 0 Å². The van der Waals surface area contributed by atoms with Gasteiger partial charge in [0, 0.05) is 30.2 Å². The molecule has 0 bridgehead atoms. The van der Waals surface area contributed by atoms with Crippen molar-refractivity contribution in [3.05, 3.63) is 12.4 Å². The van der Waals surface area contributed by atoms with Crippen LogP contribution < -0.4 is 5.46 Å². The zero-order chi connectivity index (χ0) is 19.5. The molecule has 8 heteroatoms. The van der Waals surface area contributed by atoms with Crippen molar-refractivity contribution in [2.45, 2.75) is 63.3 Å². The van der Waals surface area contributed by atoms with E-state index < -0.39 is 7.12 Å². The minimum Gasteiger partial charge on any atom is -0.399 e. The Balaban J connectivity index is 1.43. The van der Waals surface area contributed by atoms with Crippen LogP contribution in [0.5, 0.6) is 0 Å². The lowest BCUT2D eigenvalue weighted by Crippen LogP contribution is -2.41. The first kappa shape index (κ1) is 21.1. The smallest absolute Gasteiger partial charge is 0.399 e. The molecule has 0 aromatic carbocycles. The summed E-state index contributed by atoms with van der Waals surface area (Å²) in [5.74, 6) is 1.82. The van der Waals surface area contributed by atoms with Gasteiger partial charge in [-0.3, -0.25) is 0 Å². The summed E-state index contributed by atoms with van der Waals surface area (Å²) in [6.07, 6.45) is 7.29. The predicted molar refractivity (Wildman–Crippen MR) is 109 cm³/mol. The zero-order valence-corrected chi connectivity index (χ0v) is 17.8. The molecule has 0 amide bonds. The van der Waals surface area contributed by atoms with Crippen LogP contribution in [-0.4, -0.2) is 70.3 Å². The average molecular weight is 393 g/mol. The van der Waals surface area contributed by atoms with Crippen LogP contribution >= 0.6 is 11.8 Å². The second-order valence-corrected chi connectivity index (χ2v) is 9.60. The Morgan fingerprint density at radius 1 is 1.15 bits per heavy atom. The fourth-order valence-corrected chi connectivity index (χ4v) is 4.35. The fraction of sp³-hybridized carbons (Fsp3) is 0.789. The number of aliphatic hydroxyl groups excluding tert-OH is 1. The third kappa shape index (κ3) is 5.23. The Hall–Kier alpha value is -0.665. The maximum absolute atomic E-state index is 9.02. The van der Waals surface area contributed by atoms with Crippen LogP contribution in [0.1, 0.15) is 47.0 Å². The molecule has 2 fully saturated rings. The number of rotatable bonds is 7. The third-order valence-electron chi connectivity index (χ3n) is 6.05. The van der Waals surface area contributed by atoms with Crippen molar-refractivity contribution in [1.29, 1.82) is 0 Å². The zero-order valence-electron chi connectivity index (χ0n) is 17.0. The Labute approximate surface area is 167 Å². The summed E-state index contributed by atoms with van der Waals surface area (Å²) in [4.78, 5) is 11.3. The van der Waals surface area contributed by atoms with E-state index in [9.17, 15) is 0 Å². The van der Waals surface area contributed by atoms with E-state index in [1.807, 2.05) is 40.1 Å². The Morgan fingerprint density at radius 2 is 1.74 bits per heavy atom. The highest BCUT2D eigenvalue weighted by atomic mass is 32.2. The van der Waals surface area contributed by atoms with Crippen molar-refractivity contribution >= 4 is 24.3 Å². The standard InChI is InChI=1S/C19H32BN3O3S/c1-18(2)19(3,4)26-20(25-18)16-13-21-17(22-14-16)27-12-7-15-5-8-23(9-6-15)10-11-24/h13-15,24H,5-12H2,1-4H3. The third-order valence-corrected chi connectivity index (χ3v) is 6.96. The average Bonchev–Trinajstić information content (AvgIpc) is 2.85. The fourth-order valence-electron chi connectivity index (χ4n) is 3.46. The van der Waals surface area contributed by atoms with Gasteiger partial charge in [-0.15, -0.1) is 0 Å². The van der Waals surface area contributed by atoms with E-state index in [1.54, 1.807) is 11.8 Å². The van der Waals surface area contributed by atoms with Crippen LogP contribution in [-0.2, 0) is 9.31 Å². The van der Waals surface area contributed by atoms with Crippen molar-refractivity contribution in [2.24, 2.45) is 5.92 Å². The van der Waals surface area contributed by atoms with Gasteiger partial charge in [0.05, 0.1) is 17.8 Å². The largest absolute Gasteiger partial charge is 0.498 e. The number of hydrogen-bond donors (Lipinski definition) is 1. The maximum Gasteiger partial charge on any atom is 0.498 e. The molecule has 2 aliphatic heterocycles. The van der Waals surface area contributed by atoms with Gasteiger partial charge in [-0.1, -0.05) is 11.8 Å². The first-order chi connectivity index (χ1) is 12.8. The van der Waals surface area contributed by atoms with E-state index in [4.69, 9.17) is 14.4 Å². The number of piperidine rings is 1. The van der Waals surface area contributed by atoms with Gasteiger partial charge in [0.15, 0.2) is 5.16 Å². The summed E-state index contributed by atoms with van der Waals surface area (Å²) in [5, 5.41) is 9.83. The molecule has 0 aliphatic carbocycles. The number of nitrogens with zero attached hydrogens (tertiary/aromatic N) is 3. The molecule has 1 aromatic rings. The van der Waals surface area contributed by atoms with Crippen LogP contribution in [0.4, 0.5) is 0 Å². The molecule has 1 aromatic heterocycles. The highest BCUT2D eigenvalue weighted by Gasteiger charge is 2.51. The van der Waals surface area contributed by atoms with E-state index in [2.05, 4.69) is 14.9 Å². The van der Waals surface area contributed by atoms with Gasteiger partial charge < -0.3 is 19.3 Å². The minimum absolute atomic E-state index is 0.264. The topological polar surface area (TPSA) is 67.7 Å². The van der Waals surface area contributed by atoms with Gasteiger partial charge in [-0.2, -0.15) is 0 Å². The molecule has 150 valence electrons. The summed E-state index contributed by atoms with van der Waals surface area (Å²) < 4.78 is 12.1. The quantitative estimate of drug-likeness (QED) is 0.432. The SMILES string of the molecule is CC1(C)OB(c2cnc(SCCC3CCN(CCO)CC3)nc2)OC1(C)C. The molecule has 2 aliphatic rings. The van der Waals surface area contributed by atoms with Gasteiger partial charge >= 0.3 is 7.12 Å². The van der Waals surface area contributed by atoms with Crippen molar-refractivity contribution < 1.29 is 14.4 Å². The van der Waals surface area contributed by atoms with Crippen molar-refractivity contribution in [3.8, 4) is 0 Å². The molecule has 0 spiro atoms. The molecule has 6 nitrogen and oxygen atoms in total. The molecule has 0 saturated carbocycles. The lowest BCUT2D eigenvalue weighted by atomic mass is 9.81. The van der Waals surface area contributed by atoms with Crippen LogP contribution in [0.15, 0.2) is 17.6 Å². The predicted octanol–water partition coefficient (Wildman–Crippen LogP) is 1.96. The summed E-state index contributed by atoms with van der Waals surface area (Å²) in [6.45, 7) is 11.5. The Morgan fingerprint density at radius 3 is 2.30 bits per heavy atom. The van der Waals surface area contributed by atoms with Crippen LogP contribution in [0.2, 0.25) is 0 Å². The minimum atomic E-state index is -0.404. The van der Waals surface area contributed by atoms with Gasteiger partial charge in [-0.05, 0) is 66.0 Å². The first-order valence-electron chi connectivity index (χ1n) is 9.94. The van der Waals surface area contributed by atoms with Crippen molar-refractivity contribution in [2.75, 3.05) is 32.0 Å². The highest BCUT2D eigenvalue weighted by molar-refractivity contribution is 7.99. The monoisotopic (exact) mass is 393 g/mol.